The summed E-state index contributed by atoms with van der Waals surface area (Å²) in [5, 5.41) is 7.06. The van der Waals surface area contributed by atoms with Crippen LogP contribution in [-0.4, -0.2) is 11.5 Å². The maximum absolute atomic E-state index is 4.52. The van der Waals surface area contributed by atoms with Crippen LogP contribution in [0.2, 0.25) is 0 Å². The van der Waals surface area contributed by atoms with E-state index < -0.39 is 0 Å². The fourth-order valence-electron chi connectivity index (χ4n) is 2.03. The zero-order valence-electron chi connectivity index (χ0n) is 10.8. The van der Waals surface area contributed by atoms with E-state index in [1.54, 1.807) is 11.3 Å². The maximum atomic E-state index is 4.52. The number of rotatable bonds is 8. The molecule has 3 heteroatoms. The second-order valence-electron chi connectivity index (χ2n) is 4.30. The van der Waals surface area contributed by atoms with E-state index in [-0.39, 0.29) is 5.54 Å². The molecule has 0 aromatic carbocycles. The molecule has 1 N–H and O–H groups in total. The van der Waals surface area contributed by atoms with Crippen LogP contribution in [0.3, 0.4) is 0 Å². The van der Waals surface area contributed by atoms with Gasteiger partial charge in [0.15, 0.2) is 0 Å². The van der Waals surface area contributed by atoms with Crippen molar-refractivity contribution in [1.82, 2.24) is 10.3 Å². The fourth-order valence-corrected chi connectivity index (χ4v) is 2.94. The van der Waals surface area contributed by atoms with Crippen molar-refractivity contribution in [1.29, 1.82) is 0 Å². The molecule has 0 aliphatic carbocycles. The predicted octanol–water partition coefficient (Wildman–Crippen LogP) is 3.94. The van der Waals surface area contributed by atoms with E-state index in [9.17, 15) is 0 Å². The Bertz CT molecular complexity index is 261. The summed E-state index contributed by atoms with van der Waals surface area (Å²) in [7, 11) is 0. The monoisotopic (exact) mass is 240 g/mol. The normalized spacial score (nSPS) is 14.9. The van der Waals surface area contributed by atoms with Crippen LogP contribution in [0.15, 0.2) is 11.6 Å². The first-order valence-corrected chi connectivity index (χ1v) is 7.32. The van der Waals surface area contributed by atoms with E-state index in [0.717, 1.165) is 13.0 Å². The lowest BCUT2D eigenvalue weighted by Crippen LogP contribution is -2.42. The lowest BCUT2D eigenvalue weighted by atomic mass is 9.90. The van der Waals surface area contributed by atoms with Crippen molar-refractivity contribution >= 4 is 11.3 Å². The molecule has 1 aromatic rings. The van der Waals surface area contributed by atoms with Crippen LogP contribution in [0.1, 0.15) is 57.9 Å². The number of hydrogen-bond acceptors (Lipinski definition) is 3. The van der Waals surface area contributed by atoms with Crippen molar-refractivity contribution in [2.45, 2.75) is 58.4 Å². The summed E-state index contributed by atoms with van der Waals surface area (Å²) in [6, 6.07) is 0. The van der Waals surface area contributed by atoms with Gasteiger partial charge in [0.05, 0.1) is 5.54 Å². The predicted molar refractivity (Wildman–Crippen MR) is 71.9 cm³/mol. The minimum absolute atomic E-state index is 0.125. The highest BCUT2D eigenvalue weighted by Crippen LogP contribution is 2.32. The molecule has 0 saturated carbocycles. The molecule has 0 aliphatic rings. The summed E-state index contributed by atoms with van der Waals surface area (Å²) in [5.41, 5.74) is 0.125. The molecule has 1 heterocycles. The van der Waals surface area contributed by atoms with Crippen molar-refractivity contribution in [2.24, 2.45) is 0 Å². The molecule has 2 nitrogen and oxygen atoms in total. The van der Waals surface area contributed by atoms with Crippen molar-refractivity contribution in [3.05, 3.63) is 16.6 Å². The third-order valence-electron chi connectivity index (χ3n) is 3.12. The van der Waals surface area contributed by atoms with Gasteiger partial charge in [0.1, 0.15) is 5.01 Å². The van der Waals surface area contributed by atoms with Crippen LogP contribution in [0.25, 0.3) is 0 Å². The fraction of sp³-hybridized carbons (Fsp3) is 0.769. The molecule has 0 aliphatic heterocycles. The topological polar surface area (TPSA) is 24.9 Å². The molecule has 0 spiro atoms. The standard InChI is InChI=1S/C13H24N2S/c1-4-7-8-13(6-3,15-9-5-2)12-14-10-11-16-12/h10-11,15H,4-9H2,1-3H3. The van der Waals surface area contributed by atoms with Gasteiger partial charge in [-0.15, -0.1) is 11.3 Å². The first-order valence-electron chi connectivity index (χ1n) is 6.44. The van der Waals surface area contributed by atoms with Crippen LogP contribution >= 0.6 is 11.3 Å². The molecular weight excluding hydrogens is 216 g/mol. The highest BCUT2D eigenvalue weighted by molar-refractivity contribution is 7.09. The number of hydrogen-bond donors (Lipinski definition) is 1. The Kier molecular flexibility index (Phi) is 5.99. The zero-order valence-corrected chi connectivity index (χ0v) is 11.6. The van der Waals surface area contributed by atoms with Crippen LogP contribution in [0.5, 0.6) is 0 Å². The molecular formula is C13H24N2S. The first kappa shape index (κ1) is 13.7. The zero-order chi connectivity index (χ0) is 11.9. The quantitative estimate of drug-likeness (QED) is 0.744. The molecule has 16 heavy (non-hydrogen) atoms. The van der Waals surface area contributed by atoms with E-state index in [2.05, 4.69) is 36.5 Å². The van der Waals surface area contributed by atoms with Gasteiger partial charge in [0.25, 0.3) is 0 Å². The number of unbranched alkanes of at least 4 members (excludes halogenated alkanes) is 1. The van der Waals surface area contributed by atoms with Crippen molar-refractivity contribution in [2.75, 3.05) is 6.54 Å². The number of nitrogens with one attached hydrogen (secondary N) is 1. The van der Waals surface area contributed by atoms with Gasteiger partial charge < -0.3 is 5.32 Å². The van der Waals surface area contributed by atoms with Crippen LogP contribution in [0, 0.1) is 0 Å². The lowest BCUT2D eigenvalue weighted by Gasteiger charge is -2.32. The molecule has 0 amide bonds. The van der Waals surface area contributed by atoms with Crippen LogP contribution in [0.4, 0.5) is 0 Å². The summed E-state index contributed by atoms with van der Waals surface area (Å²) in [6.45, 7) is 7.81. The number of thiazole rings is 1. The summed E-state index contributed by atoms with van der Waals surface area (Å²) >= 11 is 1.78. The van der Waals surface area contributed by atoms with Gasteiger partial charge in [0.2, 0.25) is 0 Å². The second-order valence-corrected chi connectivity index (χ2v) is 5.20. The smallest absolute Gasteiger partial charge is 0.113 e. The summed E-state index contributed by atoms with van der Waals surface area (Å²) in [4.78, 5) is 4.52. The minimum Gasteiger partial charge on any atom is -0.305 e. The average molecular weight is 240 g/mol. The SMILES string of the molecule is CCCCC(CC)(NCCC)c1nccs1. The van der Waals surface area contributed by atoms with Gasteiger partial charge in [-0.3, -0.25) is 0 Å². The summed E-state index contributed by atoms with van der Waals surface area (Å²) in [6.07, 6.45) is 7.95. The lowest BCUT2D eigenvalue weighted by molar-refractivity contribution is 0.288. The van der Waals surface area contributed by atoms with Gasteiger partial charge in [-0.25, -0.2) is 4.98 Å². The largest absolute Gasteiger partial charge is 0.305 e. The van der Waals surface area contributed by atoms with Gasteiger partial charge >= 0.3 is 0 Å². The maximum Gasteiger partial charge on any atom is 0.113 e. The van der Waals surface area contributed by atoms with Gasteiger partial charge in [-0.2, -0.15) is 0 Å². The molecule has 92 valence electrons. The molecule has 0 bridgehead atoms. The first-order chi connectivity index (χ1) is 7.79. The van der Waals surface area contributed by atoms with E-state index in [4.69, 9.17) is 0 Å². The Morgan fingerprint density at radius 3 is 2.62 bits per heavy atom. The highest BCUT2D eigenvalue weighted by atomic mass is 32.1. The molecule has 0 fully saturated rings. The van der Waals surface area contributed by atoms with Gasteiger partial charge in [0, 0.05) is 11.6 Å². The average Bonchev–Trinajstić information content (AvgIpc) is 2.84. The Morgan fingerprint density at radius 2 is 2.12 bits per heavy atom. The molecule has 1 rings (SSSR count). The van der Waals surface area contributed by atoms with Crippen molar-refractivity contribution < 1.29 is 0 Å². The van der Waals surface area contributed by atoms with Gasteiger partial charge in [-0.1, -0.05) is 33.6 Å². The summed E-state index contributed by atoms with van der Waals surface area (Å²) < 4.78 is 0. The minimum atomic E-state index is 0.125. The Morgan fingerprint density at radius 1 is 1.31 bits per heavy atom. The van der Waals surface area contributed by atoms with E-state index in [1.165, 1.54) is 30.7 Å². The van der Waals surface area contributed by atoms with Crippen LogP contribution < -0.4 is 5.32 Å². The Balaban J connectivity index is 2.79. The second kappa shape index (κ2) is 7.02. The van der Waals surface area contributed by atoms with Crippen molar-refractivity contribution in [3.63, 3.8) is 0 Å². The third-order valence-corrected chi connectivity index (χ3v) is 4.09. The molecule has 1 unspecified atom stereocenters. The van der Waals surface area contributed by atoms with Crippen molar-refractivity contribution in [3.8, 4) is 0 Å². The number of aromatic nitrogens is 1. The molecule has 0 radical (unpaired) electrons. The van der Waals surface area contributed by atoms with E-state index in [0.29, 0.717) is 0 Å². The molecule has 0 saturated heterocycles. The number of nitrogens with zero attached hydrogens (tertiary/aromatic N) is 1. The third kappa shape index (κ3) is 3.29. The van der Waals surface area contributed by atoms with E-state index >= 15 is 0 Å². The highest BCUT2D eigenvalue weighted by Gasteiger charge is 2.31. The van der Waals surface area contributed by atoms with Crippen LogP contribution in [-0.2, 0) is 5.54 Å². The summed E-state index contributed by atoms with van der Waals surface area (Å²) in [5.74, 6) is 0. The van der Waals surface area contributed by atoms with Gasteiger partial charge in [-0.05, 0) is 25.8 Å². The molecule has 1 atom stereocenters. The Labute approximate surface area is 103 Å². The van der Waals surface area contributed by atoms with E-state index in [1.807, 2.05) is 6.20 Å². The Hall–Kier alpha value is -0.410. The molecule has 1 aromatic heterocycles.